The van der Waals surface area contributed by atoms with Crippen molar-refractivity contribution in [2.45, 2.75) is 84.8 Å². The minimum absolute atomic E-state index is 0.182. The van der Waals surface area contributed by atoms with Crippen LogP contribution in [-0.2, 0) is 15.9 Å². The van der Waals surface area contributed by atoms with Gasteiger partial charge in [-0.1, -0.05) is 65.5 Å². The number of quaternary nitrogens is 1. The van der Waals surface area contributed by atoms with Gasteiger partial charge in [-0.25, -0.2) is 0 Å². The Labute approximate surface area is 189 Å². The highest BCUT2D eigenvalue weighted by molar-refractivity contribution is 7.85. The third-order valence-electron chi connectivity index (χ3n) is 5.41. The smallest absolute Gasteiger partial charge is 0.269 e. The first-order valence-corrected chi connectivity index (χ1v) is 13.3. The molecule has 180 valence electrons. The highest BCUT2D eigenvalue weighted by Gasteiger charge is 2.24. The number of nitro benzene ring substituents is 1. The van der Waals surface area contributed by atoms with Crippen molar-refractivity contribution in [3.05, 3.63) is 39.9 Å². The van der Waals surface area contributed by atoms with E-state index in [4.69, 9.17) is 4.55 Å². The van der Waals surface area contributed by atoms with E-state index in [2.05, 4.69) is 27.7 Å². The molecule has 0 aliphatic rings. The van der Waals surface area contributed by atoms with Crippen LogP contribution in [-0.4, -0.2) is 48.6 Å². The Balaban J connectivity index is 0.000000590. The summed E-state index contributed by atoms with van der Waals surface area (Å²) >= 11 is 0. The largest absolute Gasteiger partial charge is 0.324 e. The monoisotopic (exact) mass is 459 g/mol. The second kappa shape index (κ2) is 16.2. The average Bonchev–Trinajstić information content (AvgIpc) is 2.72. The van der Waals surface area contributed by atoms with E-state index in [9.17, 15) is 18.5 Å². The fourth-order valence-electron chi connectivity index (χ4n) is 3.62. The van der Waals surface area contributed by atoms with Crippen molar-refractivity contribution in [2.24, 2.45) is 0 Å². The lowest BCUT2D eigenvalue weighted by atomic mass is 10.1. The van der Waals surface area contributed by atoms with Crippen molar-refractivity contribution in [1.29, 1.82) is 0 Å². The van der Waals surface area contributed by atoms with Gasteiger partial charge in [0.1, 0.15) is 5.75 Å². The SMILES string of the molecule is CCCC[N+](CCCC)(CCCC)CCCC.O=[N+]([O-])c1cccc(CS(=O)(=O)O)c1. The van der Waals surface area contributed by atoms with E-state index >= 15 is 0 Å². The molecular weight excluding hydrogens is 416 g/mol. The molecular formula is C23H43N2O5S+. The lowest BCUT2D eigenvalue weighted by Crippen LogP contribution is -2.50. The molecule has 0 aliphatic carbocycles. The molecule has 0 saturated carbocycles. The van der Waals surface area contributed by atoms with Crippen molar-refractivity contribution in [2.75, 3.05) is 26.2 Å². The van der Waals surface area contributed by atoms with E-state index < -0.39 is 20.8 Å². The molecule has 0 aliphatic heterocycles. The standard InChI is InChI=1S/C16H36N.C7H7NO5S/c1-5-9-13-17(14-10-6-2,15-11-7-3)16-12-8-4;9-8(10)7-3-1-2-6(4-7)5-14(11,12)13/h5-16H2,1-4H3;1-4H,5H2,(H,11,12,13)/q+1;. The summed E-state index contributed by atoms with van der Waals surface area (Å²) in [5.74, 6) is -0.616. The van der Waals surface area contributed by atoms with Gasteiger partial charge in [0.15, 0.2) is 0 Å². The minimum atomic E-state index is -4.14. The molecule has 1 N–H and O–H groups in total. The van der Waals surface area contributed by atoms with E-state index in [1.54, 1.807) is 0 Å². The zero-order valence-corrected chi connectivity index (χ0v) is 20.7. The van der Waals surface area contributed by atoms with Gasteiger partial charge in [-0.15, -0.1) is 0 Å². The van der Waals surface area contributed by atoms with Crippen LogP contribution < -0.4 is 0 Å². The summed E-state index contributed by atoms with van der Waals surface area (Å²) < 4.78 is 30.9. The van der Waals surface area contributed by atoms with Crippen LogP contribution in [0.4, 0.5) is 5.69 Å². The number of non-ortho nitro benzene ring substituents is 1. The summed E-state index contributed by atoms with van der Waals surface area (Å²) in [4.78, 5) is 9.68. The van der Waals surface area contributed by atoms with Gasteiger partial charge in [-0.05, 0) is 31.2 Å². The minimum Gasteiger partial charge on any atom is -0.324 e. The molecule has 0 atom stereocenters. The predicted octanol–water partition coefficient (Wildman–Crippen LogP) is 5.99. The second-order valence-electron chi connectivity index (χ2n) is 8.30. The molecule has 0 radical (unpaired) electrons. The Morgan fingerprint density at radius 2 is 1.29 bits per heavy atom. The Morgan fingerprint density at radius 1 is 0.871 bits per heavy atom. The molecule has 0 aromatic heterocycles. The van der Waals surface area contributed by atoms with E-state index in [1.807, 2.05) is 0 Å². The average molecular weight is 460 g/mol. The van der Waals surface area contributed by atoms with Gasteiger partial charge in [0.25, 0.3) is 15.8 Å². The molecule has 0 amide bonds. The Bertz CT molecular complexity index is 685. The third kappa shape index (κ3) is 14.2. The normalized spacial score (nSPS) is 11.6. The van der Waals surface area contributed by atoms with Crippen LogP contribution in [0.3, 0.4) is 0 Å². The zero-order valence-electron chi connectivity index (χ0n) is 19.9. The molecule has 0 heterocycles. The molecule has 0 fully saturated rings. The van der Waals surface area contributed by atoms with Crippen molar-refractivity contribution in [3.8, 4) is 0 Å². The second-order valence-corrected chi connectivity index (χ2v) is 9.76. The lowest BCUT2D eigenvalue weighted by Gasteiger charge is -2.39. The predicted molar refractivity (Wildman–Crippen MR) is 128 cm³/mol. The summed E-state index contributed by atoms with van der Waals surface area (Å²) in [5, 5.41) is 10.3. The van der Waals surface area contributed by atoms with Crippen molar-refractivity contribution in [3.63, 3.8) is 0 Å². The quantitative estimate of drug-likeness (QED) is 0.150. The highest BCUT2D eigenvalue weighted by Crippen LogP contribution is 2.17. The Hall–Kier alpha value is -1.51. The number of rotatable bonds is 15. The fraction of sp³-hybridized carbons (Fsp3) is 0.739. The summed E-state index contributed by atoms with van der Waals surface area (Å²) in [6, 6.07) is 5.10. The van der Waals surface area contributed by atoms with Crippen molar-refractivity contribution < 1.29 is 22.4 Å². The molecule has 0 spiro atoms. The Morgan fingerprint density at radius 3 is 1.61 bits per heavy atom. The first kappa shape index (κ1) is 29.5. The topological polar surface area (TPSA) is 97.5 Å². The summed E-state index contributed by atoms with van der Waals surface area (Å²) in [6.45, 7) is 15.0. The molecule has 1 aromatic rings. The molecule has 1 aromatic carbocycles. The maximum absolute atomic E-state index is 10.5. The highest BCUT2D eigenvalue weighted by atomic mass is 32.2. The van der Waals surface area contributed by atoms with Crippen LogP contribution in [0, 0.1) is 10.1 Å². The number of hydrogen-bond acceptors (Lipinski definition) is 4. The first-order valence-electron chi connectivity index (χ1n) is 11.7. The van der Waals surface area contributed by atoms with E-state index in [0.29, 0.717) is 0 Å². The molecule has 0 saturated heterocycles. The third-order valence-corrected chi connectivity index (χ3v) is 6.11. The number of benzene rings is 1. The van der Waals surface area contributed by atoms with Crippen LogP contribution in [0.2, 0.25) is 0 Å². The van der Waals surface area contributed by atoms with E-state index in [0.717, 1.165) is 6.07 Å². The molecule has 7 nitrogen and oxygen atoms in total. The first-order chi connectivity index (χ1) is 14.6. The fourth-order valence-corrected chi connectivity index (χ4v) is 4.22. The number of nitro groups is 1. The molecule has 1 rings (SSSR count). The number of hydrogen-bond donors (Lipinski definition) is 1. The molecule has 0 bridgehead atoms. The van der Waals surface area contributed by atoms with Gasteiger partial charge in [-0.3, -0.25) is 14.7 Å². The summed E-state index contributed by atoms with van der Waals surface area (Å²) in [6.07, 6.45) is 11.1. The van der Waals surface area contributed by atoms with Crippen LogP contribution in [0.15, 0.2) is 24.3 Å². The van der Waals surface area contributed by atoms with Gasteiger partial charge in [-0.2, -0.15) is 8.42 Å². The zero-order chi connectivity index (χ0) is 23.8. The van der Waals surface area contributed by atoms with Crippen LogP contribution in [0.1, 0.15) is 84.6 Å². The van der Waals surface area contributed by atoms with Gasteiger partial charge in [0.05, 0.1) is 31.1 Å². The lowest BCUT2D eigenvalue weighted by molar-refractivity contribution is -0.929. The maximum atomic E-state index is 10.5. The summed E-state index contributed by atoms with van der Waals surface area (Å²) in [5.41, 5.74) is -0.0205. The van der Waals surface area contributed by atoms with E-state index in [1.165, 1.54) is 100 Å². The summed E-state index contributed by atoms with van der Waals surface area (Å²) in [7, 11) is -4.14. The van der Waals surface area contributed by atoms with Gasteiger partial charge in [0, 0.05) is 12.1 Å². The molecule has 0 unspecified atom stereocenters. The van der Waals surface area contributed by atoms with Gasteiger partial charge >= 0.3 is 0 Å². The van der Waals surface area contributed by atoms with Crippen LogP contribution >= 0.6 is 0 Å². The van der Waals surface area contributed by atoms with Gasteiger partial charge in [0.2, 0.25) is 0 Å². The number of nitrogens with zero attached hydrogens (tertiary/aromatic N) is 2. The van der Waals surface area contributed by atoms with Gasteiger partial charge < -0.3 is 4.48 Å². The maximum Gasteiger partial charge on any atom is 0.269 e. The van der Waals surface area contributed by atoms with Crippen LogP contribution in [0.5, 0.6) is 0 Å². The van der Waals surface area contributed by atoms with E-state index in [-0.39, 0.29) is 11.3 Å². The number of unbranched alkanes of at least 4 members (excludes halogenated alkanes) is 4. The molecule has 8 heteroatoms. The van der Waals surface area contributed by atoms with Crippen molar-refractivity contribution in [1.82, 2.24) is 0 Å². The van der Waals surface area contributed by atoms with Crippen LogP contribution in [0.25, 0.3) is 0 Å². The van der Waals surface area contributed by atoms with Crippen molar-refractivity contribution >= 4 is 15.8 Å². The Kier molecular flexibility index (Phi) is 15.4. The molecule has 31 heavy (non-hydrogen) atoms.